The summed E-state index contributed by atoms with van der Waals surface area (Å²) >= 11 is 0. The molecule has 0 aromatic heterocycles. The zero-order chi connectivity index (χ0) is 29.7. The Labute approximate surface area is 253 Å². The van der Waals surface area contributed by atoms with Gasteiger partial charge < -0.3 is 9.16 Å². The maximum atomic E-state index is 13.9. The molecular weight excluding hydrogens is 536 g/mol. The number of carbonyl (C=O) groups excluding carboxylic acids is 1. The first-order valence-corrected chi connectivity index (χ1v) is 17.5. The van der Waals surface area contributed by atoms with E-state index in [0.717, 1.165) is 25.9 Å². The van der Waals surface area contributed by atoms with E-state index in [1.54, 1.807) is 0 Å². The Hall–Kier alpha value is -2.93. The third-order valence-corrected chi connectivity index (χ3v) is 14.5. The first-order valence-electron chi connectivity index (χ1n) is 15.6. The molecule has 6 rings (SSSR count). The molecule has 3 saturated heterocycles. The number of ether oxygens (including phenoxy) is 1. The van der Waals surface area contributed by atoms with Crippen LogP contribution in [0.15, 0.2) is 91.0 Å². The summed E-state index contributed by atoms with van der Waals surface area (Å²) in [5, 5.41) is 2.40. The lowest BCUT2D eigenvalue weighted by atomic mass is 9.86. The fourth-order valence-corrected chi connectivity index (χ4v) is 12.7. The van der Waals surface area contributed by atoms with Crippen LogP contribution in [-0.4, -0.2) is 60.6 Å². The smallest absolute Gasteiger partial charge is 0.410 e. The summed E-state index contributed by atoms with van der Waals surface area (Å²) in [4.78, 5) is 18.6. The molecule has 0 radical (unpaired) electrons. The standard InChI is InChI=1S/C36H46N2O3Si/c1-35(2,3)40-34(39)38-30-22-27-23-31(38)33(32(30)37(25-27)24-26-16-10-7-11-17-26)41-42(36(4,5)6,28-18-12-8-13-19-28)29-20-14-9-15-21-29/h7-21,27,30-33H,22-25H2,1-6H3/t27?,30?,31?,32?,33-/m0/s1. The van der Waals surface area contributed by atoms with Crippen molar-refractivity contribution in [2.75, 3.05) is 6.54 Å². The second-order valence-corrected chi connectivity index (χ2v) is 18.8. The minimum Gasteiger partial charge on any atom is -0.444 e. The van der Waals surface area contributed by atoms with Gasteiger partial charge in [0.2, 0.25) is 0 Å². The number of amides is 1. The summed E-state index contributed by atoms with van der Waals surface area (Å²) in [6, 6.07) is 32.7. The van der Waals surface area contributed by atoms with Crippen LogP contribution < -0.4 is 10.4 Å². The molecule has 222 valence electrons. The number of nitrogens with zero attached hydrogens (tertiary/aromatic N) is 2. The van der Waals surface area contributed by atoms with Gasteiger partial charge in [0.25, 0.3) is 8.32 Å². The highest BCUT2D eigenvalue weighted by Gasteiger charge is 2.64. The Morgan fingerprint density at radius 3 is 1.83 bits per heavy atom. The number of rotatable bonds is 6. The van der Waals surface area contributed by atoms with Crippen molar-refractivity contribution in [3.05, 3.63) is 96.6 Å². The largest absolute Gasteiger partial charge is 0.444 e. The number of hydrogen-bond acceptors (Lipinski definition) is 4. The van der Waals surface area contributed by atoms with Gasteiger partial charge in [-0.15, -0.1) is 0 Å². The van der Waals surface area contributed by atoms with Crippen molar-refractivity contribution in [2.24, 2.45) is 5.92 Å². The van der Waals surface area contributed by atoms with Gasteiger partial charge in [-0.05, 0) is 60.5 Å². The van der Waals surface area contributed by atoms with E-state index in [1.165, 1.54) is 15.9 Å². The van der Waals surface area contributed by atoms with E-state index in [-0.39, 0.29) is 35.4 Å². The monoisotopic (exact) mass is 582 g/mol. The van der Waals surface area contributed by atoms with Crippen molar-refractivity contribution in [2.45, 2.75) is 95.8 Å². The van der Waals surface area contributed by atoms with Crippen LogP contribution in [0.25, 0.3) is 0 Å². The molecular formula is C36H46N2O3Si. The Bertz CT molecular complexity index is 1330. The van der Waals surface area contributed by atoms with Crippen molar-refractivity contribution < 1.29 is 14.0 Å². The molecule has 0 saturated carbocycles. The van der Waals surface area contributed by atoms with E-state index in [4.69, 9.17) is 9.16 Å². The predicted octanol–water partition coefficient (Wildman–Crippen LogP) is 6.21. The van der Waals surface area contributed by atoms with Crippen LogP contribution in [0.1, 0.15) is 59.9 Å². The first-order chi connectivity index (χ1) is 20.0. The molecule has 3 aliphatic rings. The zero-order valence-electron chi connectivity index (χ0n) is 26.0. The Balaban J connectivity index is 1.48. The minimum absolute atomic E-state index is 0.0176. The summed E-state index contributed by atoms with van der Waals surface area (Å²) in [6.07, 6.45) is 1.63. The van der Waals surface area contributed by atoms with E-state index in [2.05, 4.69) is 122 Å². The number of hydrogen-bond donors (Lipinski definition) is 0. The number of fused-ring (bicyclic) bond motifs is 2. The molecule has 3 aliphatic heterocycles. The third-order valence-electron chi connectivity index (χ3n) is 9.45. The van der Waals surface area contributed by atoms with Crippen LogP contribution in [0.2, 0.25) is 5.04 Å². The molecule has 3 bridgehead atoms. The maximum absolute atomic E-state index is 13.9. The molecule has 42 heavy (non-hydrogen) atoms. The van der Waals surface area contributed by atoms with Crippen LogP contribution in [0, 0.1) is 5.92 Å². The third kappa shape index (κ3) is 5.22. The maximum Gasteiger partial charge on any atom is 0.410 e. The fourth-order valence-electron chi connectivity index (χ4n) is 7.97. The van der Waals surface area contributed by atoms with E-state index in [9.17, 15) is 4.79 Å². The van der Waals surface area contributed by atoms with E-state index in [1.807, 2.05) is 20.8 Å². The summed E-state index contributed by atoms with van der Waals surface area (Å²) in [7, 11) is -2.85. The molecule has 0 spiro atoms. The molecule has 3 fully saturated rings. The topological polar surface area (TPSA) is 42.0 Å². The van der Waals surface area contributed by atoms with Gasteiger partial charge in [-0.25, -0.2) is 4.79 Å². The minimum atomic E-state index is -2.85. The van der Waals surface area contributed by atoms with Gasteiger partial charge in [0, 0.05) is 13.1 Å². The van der Waals surface area contributed by atoms with Crippen LogP contribution in [0.5, 0.6) is 0 Å². The van der Waals surface area contributed by atoms with Crippen LogP contribution in [-0.2, 0) is 15.7 Å². The lowest BCUT2D eigenvalue weighted by Gasteiger charge is -2.47. The molecule has 6 heteroatoms. The van der Waals surface area contributed by atoms with Crippen LogP contribution in [0.4, 0.5) is 4.79 Å². The van der Waals surface area contributed by atoms with Crippen molar-refractivity contribution in [1.82, 2.24) is 9.80 Å². The summed E-state index contributed by atoms with van der Waals surface area (Å²) < 4.78 is 14.0. The van der Waals surface area contributed by atoms with Gasteiger partial charge in [0.05, 0.1) is 24.2 Å². The highest BCUT2D eigenvalue weighted by atomic mass is 28.4. The second kappa shape index (κ2) is 11.0. The SMILES string of the molecule is CC(C)(C)OC(=O)N1C2CC3CC1[C@H](O[Si](c1ccccc1)(c1ccccc1)C(C)(C)C)C2N(Cc1ccccc1)C3. The van der Waals surface area contributed by atoms with Crippen LogP contribution in [0.3, 0.4) is 0 Å². The molecule has 0 N–H and O–H groups in total. The fraction of sp³-hybridized carbons (Fsp3) is 0.472. The lowest BCUT2D eigenvalue weighted by molar-refractivity contribution is -0.0205. The van der Waals surface area contributed by atoms with Crippen molar-refractivity contribution >= 4 is 24.8 Å². The van der Waals surface area contributed by atoms with Crippen LogP contribution >= 0.6 is 0 Å². The molecule has 1 amide bonds. The number of benzene rings is 3. The van der Waals surface area contributed by atoms with Crippen molar-refractivity contribution in [3.63, 3.8) is 0 Å². The summed E-state index contributed by atoms with van der Waals surface area (Å²) in [6.45, 7) is 14.8. The van der Waals surface area contributed by atoms with E-state index >= 15 is 0 Å². The highest BCUT2D eigenvalue weighted by molar-refractivity contribution is 6.99. The number of piperidine rings is 2. The van der Waals surface area contributed by atoms with Gasteiger partial charge >= 0.3 is 6.09 Å². The van der Waals surface area contributed by atoms with Crippen molar-refractivity contribution in [3.8, 4) is 0 Å². The molecule has 4 unspecified atom stereocenters. The average molecular weight is 583 g/mol. The van der Waals surface area contributed by atoms with E-state index in [0.29, 0.717) is 5.92 Å². The van der Waals surface area contributed by atoms with Gasteiger partial charge in [-0.2, -0.15) is 0 Å². The van der Waals surface area contributed by atoms with Gasteiger partial charge in [0.15, 0.2) is 0 Å². The highest BCUT2D eigenvalue weighted by Crippen LogP contribution is 2.50. The average Bonchev–Trinajstić information content (AvgIpc) is 3.06. The molecule has 5 atom stereocenters. The molecule has 0 aliphatic carbocycles. The number of carbonyl (C=O) groups is 1. The molecule has 3 aromatic rings. The Morgan fingerprint density at radius 2 is 1.31 bits per heavy atom. The predicted molar refractivity (Wildman–Crippen MR) is 172 cm³/mol. The van der Waals surface area contributed by atoms with Gasteiger partial charge in [-0.1, -0.05) is 112 Å². The molecule has 5 nitrogen and oxygen atoms in total. The quantitative estimate of drug-likeness (QED) is 0.324. The Morgan fingerprint density at radius 1 is 0.786 bits per heavy atom. The van der Waals surface area contributed by atoms with Gasteiger partial charge in [-0.3, -0.25) is 9.80 Å². The zero-order valence-corrected chi connectivity index (χ0v) is 27.0. The number of likely N-dealkylation sites (tertiary alicyclic amines) is 1. The second-order valence-electron chi connectivity index (χ2n) is 14.5. The lowest BCUT2D eigenvalue weighted by Crippen LogP contribution is -2.69. The first kappa shape index (κ1) is 29.2. The van der Waals surface area contributed by atoms with E-state index < -0.39 is 13.9 Å². The Kier molecular flexibility index (Phi) is 7.61. The van der Waals surface area contributed by atoms with Gasteiger partial charge in [0.1, 0.15) is 5.60 Å². The normalized spacial score (nSPS) is 26.0. The van der Waals surface area contributed by atoms with Crippen molar-refractivity contribution in [1.29, 1.82) is 0 Å². The molecule has 3 aromatic carbocycles. The summed E-state index contributed by atoms with van der Waals surface area (Å²) in [5.41, 5.74) is 0.751. The molecule has 3 heterocycles. The summed E-state index contributed by atoms with van der Waals surface area (Å²) in [5.74, 6) is 0.534.